The molecule has 0 aromatic heterocycles. The molecule has 3 nitrogen and oxygen atoms in total. The molecule has 1 aromatic carbocycles. The molecule has 0 fully saturated rings. The fourth-order valence-corrected chi connectivity index (χ4v) is 2.06. The smallest absolute Gasteiger partial charge is 0.125 e. The maximum atomic E-state index is 10.5. The molecule has 1 unspecified atom stereocenters. The minimum absolute atomic E-state index is 0.173. The van der Waals surface area contributed by atoms with Crippen LogP contribution in [-0.4, -0.2) is 24.9 Å². The topological polar surface area (TPSA) is 55.5 Å². The number of benzene rings is 1. The Morgan fingerprint density at radius 3 is 2.42 bits per heavy atom. The Balaban J connectivity index is 2.29. The molecule has 0 spiro atoms. The maximum absolute atomic E-state index is 10.5. The molecule has 1 aromatic rings. The van der Waals surface area contributed by atoms with Crippen LogP contribution in [0.2, 0.25) is 0 Å². The molecule has 0 aliphatic heterocycles. The van der Waals surface area contributed by atoms with Crippen molar-refractivity contribution in [3.63, 3.8) is 0 Å². The van der Waals surface area contributed by atoms with E-state index in [9.17, 15) is 5.11 Å². The van der Waals surface area contributed by atoms with Gasteiger partial charge in [-0.2, -0.15) is 0 Å². The average Bonchev–Trinajstić information content (AvgIpc) is 2.47. The summed E-state index contributed by atoms with van der Waals surface area (Å²) in [5.74, 6) is 0. The minimum Gasteiger partial charge on any atom is -0.381 e. The summed E-state index contributed by atoms with van der Waals surface area (Å²) in [6, 6.07) is 9.51. The first-order valence-corrected chi connectivity index (χ1v) is 7.28. The number of ether oxygens (including phenoxy) is 1. The van der Waals surface area contributed by atoms with E-state index in [1.54, 1.807) is 0 Å². The number of nitrogens with two attached hydrogens (primary N) is 1. The quantitative estimate of drug-likeness (QED) is 0.640. The SMILES string of the molecule is CCCCCCCOCC(O)(CN)c1ccccc1. The van der Waals surface area contributed by atoms with E-state index in [0.717, 1.165) is 12.0 Å². The lowest BCUT2D eigenvalue weighted by molar-refractivity contribution is -0.0452. The Kier molecular flexibility index (Phi) is 7.72. The molecule has 1 atom stereocenters. The monoisotopic (exact) mass is 265 g/mol. The van der Waals surface area contributed by atoms with Gasteiger partial charge in [0.05, 0.1) is 6.61 Å². The lowest BCUT2D eigenvalue weighted by atomic mass is 9.95. The molecule has 3 heteroatoms. The van der Waals surface area contributed by atoms with E-state index in [1.807, 2.05) is 30.3 Å². The Morgan fingerprint density at radius 1 is 1.11 bits per heavy atom. The van der Waals surface area contributed by atoms with E-state index in [2.05, 4.69) is 6.92 Å². The van der Waals surface area contributed by atoms with Gasteiger partial charge in [-0.3, -0.25) is 0 Å². The second-order valence-corrected chi connectivity index (χ2v) is 5.07. The second-order valence-electron chi connectivity index (χ2n) is 5.07. The van der Waals surface area contributed by atoms with Crippen LogP contribution in [0.5, 0.6) is 0 Å². The summed E-state index contributed by atoms with van der Waals surface area (Å²) in [4.78, 5) is 0. The zero-order valence-electron chi connectivity index (χ0n) is 12.0. The minimum atomic E-state index is -1.06. The number of hydrogen-bond donors (Lipinski definition) is 2. The van der Waals surface area contributed by atoms with E-state index < -0.39 is 5.60 Å². The lowest BCUT2D eigenvalue weighted by Crippen LogP contribution is -2.39. The normalized spacial score (nSPS) is 14.3. The summed E-state index contributed by atoms with van der Waals surface area (Å²) < 4.78 is 5.59. The molecule has 0 bridgehead atoms. The van der Waals surface area contributed by atoms with Crippen LogP contribution in [0.1, 0.15) is 44.6 Å². The molecule has 108 valence electrons. The van der Waals surface area contributed by atoms with Crippen molar-refractivity contribution in [2.24, 2.45) is 5.73 Å². The van der Waals surface area contributed by atoms with Gasteiger partial charge in [-0.15, -0.1) is 0 Å². The fraction of sp³-hybridized carbons (Fsp3) is 0.625. The van der Waals surface area contributed by atoms with Crippen LogP contribution >= 0.6 is 0 Å². The average molecular weight is 265 g/mol. The number of hydrogen-bond acceptors (Lipinski definition) is 3. The van der Waals surface area contributed by atoms with Gasteiger partial charge in [-0.1, -0.05) is 62.9 Å². The maximum Gasteiger partial charge on any atom is 0.125 e. The lowest BCUT2D eigenvalue weighted by Gasteiger charge is -2.26. The van der Waals surface area contributed by atoms with Crippen LogP contribution in [0.15, 0.2) is 30.3 Å². The highest BCUT2D eigenvalue weighted by molar-refractivity contribution is 5.22. The summed E-state index contributed by atoms with van der Waals surface area (Å²) in [6.45, 7) is 3.34. The van der Waals surface area contributed by atoms with Crippen LogP contribution in [0.4, 0.5) is 0 Å². The predicted octanol–water partition coefficient (Wildman–Crippen LogP) is 2.82. The first-order chi connectivity index (χ1) is 9.23. The molecule has 0 heterocycles. The molecule has 0 amide bonds. The zero-order chi connectivity index (χ0) is 14.0. The molecule has 3 N–H and O–H groups in total. The van der Waals surface area contributed by atoms with Crippen LogP contribution in [0.25, 0.3) is 0 Å². The Hall–Kier alpha value is -0.900. The van der Waals surface area contributed by atoms with Gasteiger partial charge in [0.2, 0.25) is 0 Å². The van der Waals surface area contributed by atoms with Crippen LogP contribution in [-0.2, 0) is 10.3 Å². The first kappa shape index (κ1) is 16.2. The summed E-state index contributed by atoms with van der Waals surface area (Å²) in [5.41, 5.74) is 5.45. The summed E-state index contributed by atoms with van der Waals surface area (Å²) in [6.07, 6.45) is 6.05. The van der Waals surface area contributed by atoms with Gasteiger partial charge in [0, 0.05) is 13.2 Å². The predicted molar refractivity (Wildman–Crippen MR) is 79.0 cm³/mol. The Morgan fingerprint density at radius 2 is 1.79 bits per heavy atom. The summed E-state index contributed by atoms with van der Waals surface area (Å²) in [7, 11) is 0. The van der Waals surface area contributed by atoms with Gasteiger partial charge in [0.25, 0.3) is 0 Å². The van der Waals surface area contributed by atoms with Gasteiger partial charge in [-0.25, -0.2) is 0 Å². The third kappa shape index (κ3) is 5.72. The van der Waals surface area contributed by atoms with E-state index in [4.69, 9.17) is 10.5 Å². The first-order valence-electron chi connectivity index (χ1n) is 7.28. The van der Waals surface area contributed by atoms with Crippen molar-refractivity contribution < 1.29 is 9.84 Å². The highest BCUT2D eigenvalue weighted by atomic mass is 16.5. The molecule has 0 aliphatic rings. The van der Waals surface area contributed by atoms with Crippen molar-refractivity contribution in [2.75, 3.05) is 19.8 Å². The van der Waals surface area contributed by atoms with Crippen molar-refractivity contribution in [3.8, 4) is 0 Å². The largest absolute Gasteiger partial charge is 0.381 e. The number of rotatable bonds is 10. The van der Waals surface area contributed by atoms with E-state index >= 15 is 0 Å². The van der Waals surface area contributed by atoms with Crippen molar-refractivity contribution >= 4 is 0 Å². The summed E-state index contributed by atoms with van der Waals surface area (Å²) in [5, 5.41) is 10.5. The van der Waals surface area contributed by atoms with Gasteiger partial charge in [0.15, 0.2) is 0 Å². The third-order valence-electron chi connectivity index (χ3n) is 3.38. The Labute approximate surface area is 116 Å². The van der Waals surface area contributed by atoms with Crippen LogP contribution < -0.4 is 5.73 Å². The third-order valence-corrected chi connectivity index (χ3v) is 3.38. The number of unbranched alkanes of at least 4 members (excludes halogenated alkanes) is 4. The molecule has 0 aliphatic carbocycles. The zero-order valence-corrected chi connectivity index (χ0v) is 12.0. The van der Waals surface area contributed by atoms with Crippen LogP contribution in [0, 0.1) is 0 Å². The highest BCUT2D eigenvalue weighted by Gasteiger charge is 2.27. The molecule has 0 saturated carbocycles. The number of aliphatic hydroxyl groups is 1. The van der Waals surface area contributed by atoms with Gasteiger partial charge in [0.1, 0.15) is 5.60 Å². The van der Waals surface area contributed by atoms with Gasteiger partial charge >= 0.3 is 0 Å². The Bertz CT molecular complexity index is 329. The standard InChI is InChI=1S/C16H27NO2/c1-2-3-4-5-9-12-19-14-16(18,13-17)15-10-7-6-8-11-15/h6-8,10-11,18H,2-5,9,12-14,17H2,1H3. The van der Waals surface area contributed by atoms with Crippen LogP contribution in [0.3, 0.4) is 0 Å². The fourth-order valence-electron chi connectivity index (χ4n) is 2.06. The van der Waals surface area contributed by atoms with Crippen molar-refractivity contribution in [1.29, 1.82) is 0 Å². The highest BCUT2D eigenvalue weighted by Crippen LogP contribution is 2.20. The molecular formula is C16H27NO2. The molecule has 0 radical (unpaired) electrons. The van der Waals surface area contributed by atoms with Crippen molar-refractivity contribution in [2.45, 2.75) is 44.6 Å². The van der Waals surface area contributed by atoms with E-state index in [-0.39, 0.29) is 13.2 Å². The molecular weight excluding hydrogens is 238 g/mol. The summed E-state index contributed by atoms with van der Waals surface area (Å²) >= 11 is 0. The van der Waals surface area contributed by atoms with Gasteiger partial charge < -0.3 is 15.6 Å². The molecule has 1 rings (SSSR count). The van der Waals surface area contributed by atoms with E-state index in [1.165, 1.54) is 25.7 Å². The van der Waals surface area contributed by atoms with Gasteiger partial charge in [-0.05, 0) is 12.0 Å². The van der Waals surface area contributed by atoms with Crippen molar-refractivity contribution in [1.82, 2.24) is 0 Å². The molecule has 19 heavy (non-hydrogen) atoms. The molecule has 0 saturated heterocycles. The van der Waals surface area contributed by atoms with E-state index in [0.29, 0.717) is 6.61 Å². The second kappa shape index (κ2) is 9.08. The van der Waals surface area contributed by atoms with Crippen molar-refractivity contribution in [3.05, 3.63) is 35.9 Å².